The molecule has 0 radical (unpaired) electrons. The van der Waals surface area contributed by atoms with Crippen LogP contribution in [-0.4, -0.2) is 46.6 Å². The molecule has 5 heterocycles. The number of aryl methyl sites for hydroxylation is 2. The van der Waals surface area contributed by atoms with E-state index in [0.717, 1.165) is 64.6 Å². The average molecular weight is 574 g/mol. The topological polar surface area (TPSA) is 74.1 Å². The van der Waals surface area contributed by atoms with Gasteiger partial charge in [-0.05, 0) is 55.3 Å². The molecule has 1 aliphatic carbocycles. The van der Waals surface area contributed by atoms with Gasteiger partial charge in [-0.1, -0.05) is 0 Å². The number of halogens is 2. The zero-order valence-corrected chi connectivity index (χ0v) is 23.7. The highest BCUT2D eigenvalue weighted by Crippen LogP contribution is 2.47. The second-order valence-electron chi connectivity index (χ2n) is 10.5. The number of fused-ring (bicyclic) bond motifs is 3. The number of hydrogen-bond donors (Lipinski definition) is 1. The third-order valence-corrected chi connectivity index (χ3v) is 8.82. The number of pyridine rings is 2. The van der Waals surface area contributed by atoms with Crippen LogP contribution in [-0.2, 0) is 24.1 Å². The Morgan fingerprint density at radius 1 is 1.10 bits per heavy atom. The van der Waals surface area contributed by atoms with Crippen LogP contribution in [0.1, 0.15) is 36.3 Å². The Balaban J connectivity index is 1.51. The number of thiophene rings is 1. The molecule has 2 aliphatic rings. The Hall–Kier alpha value is -3.73. The molecule has 1 aromatic carbocycles. The van der Waals surface area contributed by atoms with E-state index >= 15 is 4.39 Å². The maximum atomic E-state index is 15.9. The Bertz CT molecular complexity index is 1780. The number of methoxy groups -OCH3 is 1. The molecular weight excluding hydrogens is 544 g/mol. The van der Waals surface area contributed by atoms with E-state index < -0.39 is 11.6 Å². The Morgan fingerprint density at radius 3 is 2.85 bits per heavy atom. The SMILES string of the molecule is COCCOc1cc(F)cc(F)c1-c1c(-c2cc3n(n2)CCNC3C)nc(-c2cnc3c(c2)CCC3)c2ccsc12. The first-order valence-electron chi connectivity index (χ1n) is 13.8. The van der Waals surface area contributed by atoms with E-state index in [1.807, 2.05) is 28.4 Å². The molecule has 0 bridgehead atoms. The van der Waals surface area contributed by atoms with E-state index in [1.165, 1.54) is 23.0 Å². The molecule has 1 unspecified atom stereocenters. The largest absolute Gasteiger partial charge is 0.490 e. The summed E-state index contributed by atoms with van der Waals surface area (Å²) in [5, 5.41) is 11.3. The first kappa shape index (κ1) is 26.2. The lowest BCUT2D eigenvalue weighted by molar-refractivity contribution is 0.146. The fourth-order valence-corrected chi connectivity index (χ4v) is 6.87. The lowest BCUT2D eigenvalue weighted by atomic mass is 9.96. The van der Waals surface area contributed by atoms with Gasteiger partial charge in [-0.2, -0.15) is 5.10 Å². The molecule has 7 nitrogen and oxygen atoms in total. The van der Waals surface area contributed by atoms with Gasteiger partial charge in [0.05, 0.1) is 30.1 Å². The highest BCUT2D eigenvalue weighted by Gasteiger charge is 2.28. The minimum atomic E-state index is -0.721. The van der Waals surface area contributed by atoms with Crippen LogP contribution in [0.5, 0.6) is 5.75 Å². The van der Waals surface area contributed by atoms with Crippen LogP contribution in [0.3, 0.4) is 0 Å². The van der Waals surface area contributed by atoms with Gasteiger partial charge < -0.3 is 14.8 Å². The number of aromatic nitrogens is 4. The predicted molar refractivity (Wildman–Crippen MR) is 155 cm³/mol. The van der Waals surface area contributed by atoms with Gasteiger partial charge in [0.25, 0.3) is 0 Å². The van der Waals surface area contributed by atoms with Crippen molar-refractivity contribution < 1.29 is 18.3 Å². The summed E-state index contributed by atoms with van der Waals surface area (Å²) < 4.78 is 44.2. The molecule has 210 valence electrons. The molecule has 5 aromatic rings. The molecule has 1 N–H and O–H groups in total. The maximum Gasteiger partial charge on any atom is 0.137 e. The van der Waals surface area contributed by atoms with Gasteiger partial charge in [-0.15, -0.1) is 11.3 Å². The molecule has 0 spiro atoms. The van der Waals surface area contributed by atoms with Crippen LogP contribution in [0.25, 0.3) is 43.9 Å². The van der Waals surface area contributed by atoms with Crippen molar-refractivity contribution >= 4 is 21.4 Å². The molecule has 7 rings (SSSR count). The number of ether oxygens (including phenoxy) is 2. The van der Waals surface area contributed by atoms with Crippen molar-refractivity contribution in [3.05, 3.63) is 70.5 Å². The van der Waals surface area contributed by atoms with Gasteiger partial charge in [0.15, 0.2) is 0 Å². The monoisotopic (exact) mass is 573 g/mol. The molecule has 0 saturated carbocycles. The van der Waals surface area contributed by atoms with Crippen molar-refractivity contribution in [1.82, 2.24) is 25.1 Å². The molecular formula is C31H29F2N5O2S. The fourth-order valence-electron chi connectivity index (χ4n) is 5.93. The van der Waals surface area contributed by atoms with E-state index in [2.05, 4.69) is 18.3 Å². The van der Waals surface area contributed by atoms with Crippen LogP contribution < -0.4 is 10.1 Å². The van der Waals surface area contributed by atoms with Crippen molar-refractivity contribution in [2.45, 2.75) is 38.8 Å². The number of hydrogen-bond acceptors (Lipinski definition) is 7. The third kappa shape index (κ3) is 4.60. The van der Waals surface area contributed by atoms with Crippen LogP contribution >= 0.6 is 11.3 Å². The Labute approximate surface area is 240 Å². The minimum absolute atomic E-state index is 0.100. The lowest BCUT2D eigenvalue weighted by Crippen LogP contribution is -2.31. The number of benzene rings is 1. The zero-order chi connectivity index (χ0) is 28.1. The van der Waals surface area contributed by atoms with E-state index in [9.17, 15) is 4.39 Å². The van der Waals surface area contributed by atoms with Gasteiger partial charge in [-0.3, -0.25) is 9.67 Å². The second kappa shape index (κ2) is 10.6. The van der Waals surface area contributed by atoms with Crippen molar-refractivity contribution in [3.63, 3.8) is 0 Å². The van der Waals surface area contributed by atoms with Crippen LogP contribution in [0.4, 0.5) is 8.78 Å². The number of nitrogens with one attached hydrogen (secondary N) is 1. The zero-order valence-electron chi connectivity index (χ0n) is 22.8. The number of nitrogens with zero attached hydrogens (tertiary/aromatic N) is 4. The average Bonchev–Trinajstić information content (AvgIpc) is 3.72. The van der Waals surface area contributed by atoms with E-state index in [0.29, 0.717) is 23.5 Å². The predicted octanol–water partition coefficient (Wildman–Crippen LogP) is 6.35. The first-order chi connectivity index (χ1) is 20.0. The molecule has 1 atom stereocenters. The minimum Gasteiger partial charge on any atom is -0.490 e. The summed E-state index contributed by atoms with van der Waals surface area (Å²) in [5.74, 6) is -1.34. The highest BCUT2D eigenvalue weighted by molar-refractivity contribution is 7.18. The summed E-state index contributed by atoms with van der Waals surface area (Å²) in [5.41, 5.74) is 6.94. The molecule has 1 aliphatic heterocycles. The summed E-state index contributed by atoms with van der Waals surface area (Å²) in [7, 11) is 1.55. The fraction of sp³-hybridized carbons (Fsp3) is 0.323. The van der Waals surface area contributed by atoms with Gasteiger partial charge in [0.2, 0.25) is 0 Å². The normalized spacial score (nSPS) is 16.2. The molecule has 41 heavy (non-hydrogen) atoms. The quantitative estimate of drug-likeness (QED) is 0.229. The standard InChI is InChI=1S/C31H29F2N5O2S/c1-17-25-15-24(37-38(25)8-7-34-17)30-28(27-22(33)13-20(32)14-26(27)40-10-9-39-2)31-21(6-11-41-31)29(36-30)19-12-18-4-3-5-23(18)35-16-19/h6,11-17,34H,3-5,7-10H2,1-2H3. The summed E-state index contributed by atoms with van der Waals surface area (Å²) in [4.78, 5) is 9.97. The second-order valence-corrected chi connectivity index (χ2v) is 11.4. The van der Waals surface area contributed by atoms with Gasteiger partial charge in [-0.25, -0.2) is 13.8 Å². The van der Waals surface area contributed by atoms with Crippen molar-refractivity contribution in [2.24, 2.45) is 0 Å². The first-order valence-corrected chi connectivity index (χ1v) is 14.7. The van der Waals surface area contributed by atoms with Gasteiger partial charge >= 0.3 is 0 Å². The molecule has 0 fully saturated rings. The maximum absolute atomic E-state index is 15.9. The Morgan fingerprint density at radius 2 is 2.00 bits per heavy atom. The number of rotatable bonds is 7. The van der Waals surface area contributed by atoms with Gasteiger partial charge in [0, 0.05) is 64.9 Å². The van der Waals surface area contributed by atoms with Crippen molar-refractivity contribution in [2.75, 3.05) is 26.9 Å². The summed E-state index contributed by atoms with van der Waals surface area (Å²) in [6, 6.07) is 8.42. The molecule has 4 aromatic heterocycles. The molecule has 10 heteroatoms. The molecule has 0 amide bonds. The summed E-state index contributed by atoms with van der Waals surface area (Å²) in [6.45, 7) is 4.03. The van der Waals surface area contributed by atoms with Crippen LogP contribution in [0, 0.1) is 11.6 Å². The van der Waals surface area contributed by atoms with E-state index in [-0.39, 0.29) is 30.6 Å². The van der Waals surface area contributed by atoms with E-state index in [4.69, 9.17) is 24.5 Å². The lowest BCUT2D eigenvalue weighted by Gasteiger charge is -2.21. The third-order valence-electron chi connectivity index (χ3n) is 7.89. The molecule has 0 saturated heterocycles. The smallest absolute Gasteiger partial charge is 0.137 e. The van der Waals surface area contributed by atoms with Gasteiger partial charge in [0.1, 0.15) is 35.4 Å². The van der Waals surface area contributed by atoms with Crippen LogP contribution in [0.15, 0.2) is 41.9 Å². The van der Waals surface area contributed by atoms with Crippen LogP contribution in [0.2, 0.25) is 0 Å². The van der Waals surface area contributed by atoms with E-state index in [1.54, 1.807) is 7.11 Å². The van der Waals surface area contributed by atoms with Crippen molar-refractivity contribution in [3.8, 4) is 39.5 Å². The summed E-state index contributed by atoms with van der Waals surface area (Å²) in [6.07, 6.45) is 4.97. The Kier molecular flexibility index (Phi) is 6.76. The summed E-state index contributed by atoms with van der Waals surface area (Å²) >= 11 is 1.49. The highest BCUT2D eigenvalue weighted by atomic mass is 32.1. The van der Waals surface area contributed by atoms with Crippen molar-refractivity contribution in [1.29, 1.82) is 0 Å².